The molecule has 1 aliphatic rings. The third-order valence-corrected chi connectivity index (χ3v) is 4.35. The van der Waals surface area contributed by atoms with E-state index in [4.69, 9.17) is 0 Å². The predicted molar refractivity (Wildman–Crippen MR) is 85.8 cm³/mol. The minimum Gasteiger partial charge on any atom is -0.358 e. The molecular formula is C18H17N3O. The highest BCUT2D eigenvalue weighted by molar-refractivity contribution is 5.94. The summed E-state index contributed by atoms with van der Waals surface area (Å²) in [4.78, 5) is 19.7. The van der Waals surface area contributed by atoms with Gasteiger partial charge in [-0.25, -0.2) is 0 Å². The number of benzene rings is 1. The number of carbonyl (C=O) groups excluding carboxylic acids is 1. The van der Waals surface area contributed by atoms with Crippen LogP contribution in [0, 0.1) is 0 Å². The average Bonchev–Trinajstić information content (AvgIpc) is 2.93. The summed E-state index contributed by atoms with van der Waals surface area (Å²) in [5.74, 6) is -0.0438. The SMILES string of the molecule is O=C(NC1CCc2c([nH]c3ccccc23)C1)c1cccnc1. The normalized spacial score (nSPS) is 17.2. The van der Waals surface area contributed by atoms with Crippen molar-refractivity contribution in [2.45, 2.75) is 25.3 Å². The molecule has 2 N–H and O–H groups in total. The lowest BCUT2D eigenvalue weighted by atomic mass is 9.91. The zero-order valence-electron chi connectivity index (χ0n) is 12.2. The van der Waals surface area contributed by atoms with Crippen LogP contribution in [0.4, 0.5) is 0 Å². The van der Waals surface area contributed by atoms with E-state index in [1.165, 1.54) is 22.2 Å². The van der Waals surface area contributed by atoms with Crippen LogP contribution in [-0.2, 0) is 12.8 Å². The first-order valence-corrected chi connectivity index (χ1v) is 7.60. The first kappa shape index (κ1) is 13.1. The monoisotopic (exact) mass is 291 g/mol. The number of aryl methyl sites for hydroxylation is 1. The third-order valence-electron chi connectivity index (χ3n) is 4.35. The summed E-state index contributed by atoms with van der Waals surface area (Å²) >= 11 is 0. The minimum atomic E-state index is -0.0438. The minimum absolute atomic E-state index is 0.0438. The van der Waals surface area contributed by atoms with Crippen LogP contribution in [0.1, 0.15) is 28.0 Å². The molecule has 0 bridgehead atoms. The summed E-state index contributed by atoms with van der Waals surface area (Å²) in [6.07, 6.45) is 6.11. The van der Waals surface area contributed by atoms with Gasteiger partial charge in [0.25, 0.3) is 5.91 Å². The van der Waals surface area contributed by atoms with Crippen LogP contribution in [0.15, 0.2) is 48.8 Å². The molecule has 0 saturated heterocycles. The number of amides is 1. The summed E-state index contributed by atoms with van der Waals surface area (Å²) in [7, 11) is 0. The van der Waals surface area contributed by atoms with Gasteiger partial charge in [-0.1, -0.05) is 18.2 Å². The highest BCUT2D eigenvalue weighted by atomic mass is 16.1. The van der Waals surface area contributed by atoms with Gasteiger partial charge in [-0.05, 0) is 36.6 Å². The van der Waals surface area contributed by atoms with Crippen molar-refractivity contribution in [3.63, 3.8) is 0 Å². The molecule has 1 aliphatic carbocycles. The van der Waals surface area contributed by atoms with Crippen LogP contribution < -0.4 is 5.32 Å². The summed E-state index contributed by atoms with van der Waals surface area (Å²) in [5.41, 5.74) is 4.46. The average molecular weight is 291 g/mol. The van der Waals surface area contributed by atoms with E-state index in [0.29, 0.717) is 5.56 Å². The number of para-hydroxylation sites is 1. The third kappa shape index (κ3) is 2.26. The van der Waals surface area contributed by atoms with Gasteiger partial charge in [0, 0.05) is 41.5 Å². The fraction of sp³-hybridized carbons (Fsp3) is 0.222. The van der Waals surface area contributed by atoms with Gasteiger partial charge < -0.3 is 10.3 Å². The van der Waals surface area contributed by atoms with Crippen LogP contribution >= 0.6 is 0 Å². The number of aromatic amines is 1. The Bertz CT molecular complexity index is 823. The lowest BCUT2D eigenvalue weighted by Gasteiger charge is -2.23. The molecule has 4 heteroatoms. The molecule has 1 amide bonds. The van der Waals surface area contributed by atoms with Gasteiger partial charge in [0.1, 0.15) is 0 Å². The Morgan fingerprint density at radius 1 is 1.23 bits per heavy atom. The number of fused-ring (bicyclic) bond motifs is 3. The van der Waals surface area contributed by atoms with Crippen LogP contribution in [0.3, 0.4) is 0 Å². The molecule has 2 heterocycles. The van der Waals surface area contributed by atoms with E-state index in [2.05, 4.69) is 33.5 Å². The summed E-state index contributed by atoms with van der Waals surface area (Å²) in [5, 5.41) is 4.44. The Labute approximate surface area is 128 Å². The van der Waals surface area contributed by atoms with Gasteiger partial charge in [-0.3, -0.25) is 9.78 Å². The fourth-order valence-corrected chi connectivity index (χ4v) is 3.27. The number of carbonyl (C=O) groups is 1. The Balaban J connectivity index is 1.54. The number of H-pyrrole nitrogens is 1. The molecule has 4 rings (SSSR count). The first-order chi connectivity index (χ1) is 10.8. The maximum Gasteiger partial charge on any atom is 0.253 e. The van der Waals surface area contributed by atoms with Crippen molar-refractivity contribution < 1.29 is 4.79 Å². The number of nitrogens with one attached hydrogen (secondary N) is 2. The highest BCUT2D eigenvalue weighted by Gasteiger charge is 2.23. The number of hydrogen-bond acceptors (Lipinski definition) is 2. The zero-order valence-corrected chi connectivity index (χ0v) is 12.2. The number of rotatable bonds is 2. The lowest BCUT2D eigenvalue weighted by molar-refractivity contribution is 0.0933. The summed E-state index contributed by atoms with van der Waals surface area (Å²) < 4.78 is 0. The molecule has 2 aromatic heterocycles. The molecule has 1 aromatic carbocycles. The molecule has 22 heavy (non-hydrogen) atoms. The molecule has 0 aliphatic heterocycles. The van der Waals surface area contributed by atoms with Crippen molar-refractivity contribution in [2.24, 2.45) is 0 Å². The first-order valence-electron chi connectivity index (χ1n) is 7.60. The van der Waals surface area contributed by atoms with E-state index in [0.717, 1.165) is 19.3 Å². The number of hydrogen-bond donors (Lipinski definition) is 2. The van der Waals surface area contributed by atoms with Crippen molar-refractivity contribution >= 4 is 16.8 Å². The van der Waals surface area contributed by atoms with Crippen molar-refractivity contribution in [1.82, 2.24) is 15.3 Å². The summed E-state index contributed by atoms with van der Waals surface area (Å²) in [6, 6.07) is 12.1. The van der Waals surface area contributed by atoms with Crippen LogP contribution in [0.25, 0.3) is 10.9 Å². The quantitative estimate of drug-likeness (QED) is 0.763. The molecule has 0 radical (unpaired) electrons. The maximum atomic E-state index is 12.2. The van der Waals surface area contributed by atoms with Gasteiger partial charge in [0.2, 0.25) is 0 Å². The number of pyridine rings is 1. The molecule has 0 fully saturated rings. The number of nitrogens with zero attached hydrogens (tertiary/aromatic N) is 1. The van der Waals surface area contributed by atoms with Crippen molar-refractivity contribution in [1.29, 1.82) is 0 Å². The fourth-order valence-electron chi connectivity index (χ4n) is 3.27. The standard InChI is InChI=1S/C18H17N3O/c22-18(12-4-3-9-19-11-12)20-13-7-8-15-14-5-1-2-6-16(14)21-17(15)10-13/h1-6,9,11,13,21H,7-8,10H2,(H,20,22). The smallest absolute Gasteiger partial charge is 0.253 e. The largest absolute Gasteiger partial charge is 0.358 e. The molecular weight excluding hydrogens is 274 g/mol. The van der Waals surface area contributed by atoms with Crippen molar-refractivity contribution in [2.75, 3.05) is 0 Å². The van der Waals surface area contributed by atoms with Gasteiger partial charge in [0.15, 0.2) is 0 Å². The molecule has 4 nitrogen and oxygen atoms in total. The van der Waals surface area contributed by atoms with Crippen molar-refractivity contribution in [3.05, 3.63) is 65.6 Å². The molecule has 1 atom stereocenters. The second kappa shape index (κ2) is 5.30. The molecule has 3 aromatic rings. The Morgan fingerprint density at radius 3 is 3.00 bits per heavy atom. The predicted octanol–water partition coefficient (Wildman–Crippen LogP) is 2.85. The van der Waals surface area contributed by atoms with Crippen LogP contribution in [-0.4, -0.2) is 21.9 Å². The Morgan fingerprint density at radius 2 is 2.14 bits per heavy atom. The van der Waals surface area contributed by atoms with E-state index in [-0.39, 0.29) is 11.9 Å². The van der Waals surface area contributed by atoms with E-state index in [1.54, 1.807) is 24.5 Å². The van der Waals surface area contributed by atoms with E-state index in [9.17, 15) is 4.79 Å². The molecule has 110 valence electrons. The second-order valence-electron chi connectivity index (χ2n) is 5.78. The van der Waals surface area contributed by atoms with Gasteiger partial charge >= 0.3 is 0 Å². The van der Waals surface area contributed by atoms with Gasteiger partial charge in [-0.2, -0.15) is 0 Å². The highest BCUT2D eigenvalue weighted by Crippen LogP contribution is 2.29. The van der Waals surface area contributed by atoms with E-state index < -0.39 is 0 Å². The summed E-state index contributed by atoms with van der Waals surface area (Å²) in [6.45, 7) is 0. The molecule has 0 spiro atoms. The van der Waals surface area contributed by atoms with Crippen LogP contribution in [0.2, 0.25) is 0 Å². The maximum absolute atomic E-state index is 12.2. The second-order valence-corrected chi connectivity index (χ2v) is 5.78. The van der Waals surface area contributed by atoms with Gasteiger partial charge in [-0.15, -0.1) is 0 Å². The van der Waals surface area contributed by atoms with E-state index >= 15 is 0 Å². The Kier molecular flexibility index (Phi) is 3.15. The zero-order chi connectivity index (χ0) is 14.9. The number of aromatic nitrogens is 2. The van der Waals surface area contributed by atoms with E-state index in [1.807, 2.05) is 6.07 Å². The van der Waals surface area contributed by atoms with Crippen LogP contribution in [0.5, 0.6) is 0 Å². The molecule has 1 unspecified atom stereocenters. The molecule has 0 saturated carbocycles. The van der Waals surface area contributed by atoms with Gasteiger partial charge in [0.05, 0.1) is 5.56 Å². The Hall–Kier alpha value is -2.62. The topological polar surface area (TPSA) is 57.8 Å². The van der Waals surface area contributed by atoms with Crippen molar-refractivity contribution in [3.8, 4) is 0 Å². The lowest BCUT2D eigenvalue weighted by Crippen LogP contribution is -2.38.